The van der Waals surface area contributed by atoms with Gasteiger partial charge in [-0.1, -0.05) is 139 Å². The predicted octanol–water partition coefficient (Wildman–Crippen LogP) is 10.1. The van der Waals surface area contributed by atoms with Crippen molar-refractivity contribution in [3.05, 3.63) is 192 Å². The fraction of sp³-hybridized carbons (Fsp3) is 0.0488. The quantitative estimate of drug-likeness (QED) is 0.139. The molecule has 0 atom stereocenters. The Labute approximate surface area is 260 Å². The molecule has 0 aromatic heterocycles. The minimum atomic E-state index is 0.503. The fourth-order valence-corrected chi connectivity index (χ4v) is 5.21. The highest BCUT2D eigenvalue weighted by Crippen LogP contribution is 2.35. The minimum absolute atomic E-state index is 0.503. The maximum absolute atomic E-state index is 6.42. The topological polar surface area (TPSA) is 41.6 Å². The Morgan fingerprint density at radius 1 is 0.545 bits per heavy atom. The molecule has 6 aromatic carbocycles. The molecule has 0 aliphatic rings. The van der Waals surface area contributed by atoms with E-state index < -0.39 is 0 Å². The highest BCUT2D eigenvalue weighted by molar-refractivity contribution is 6.00. The van der Waals surface area contributed by atoms with E-state index in [2.05, 4.69) is 133 Å². The molecule has 0 spiro atoms. The van der Waals surface area contributed by atoms with Gasteiger partial charge in [0.15, 0.2) is 0 Å². The van der Waals surface area contributed by atoms with Crippen LogP contribution in [0.25, 0.3) is 16.8 Å². The Hall–Kier alpha value is -5.67. The van der Waals surface area contributed by atoms with Crippen LogP contribution in [0.5, 0.6) is 0 Å². The first-order valence-corrected chi connectivity index (χ1v) is 14.9. The lowest BCUT2D eigenvalue weighted by Gasteiger charge is -2.26. The van der Waals surface area contributed by atoms with Crippen molar-refractivity contribution in [2.24, 2.45) is 10.7 Å². The number of benzene rings is 6. The van der Waals surface area contributed by atoms with Crippen molar-refractivity contribution in [2.75, 3.05) is 4.90 Å². The number of nitrogens with zero attached hydrogens (tertiary/aromatic N) is 2. The molecule has 6 aromatic rings. The van der Waals surface area contributed by atoms with Gasteiger partial charge < -0.3 is 10.6 Å². The zero-order valence-electron chi connectivity index (χ0n) is 24.8. The molecule has 0 fully saturated rings. The van der Waals surface area contributed by atoms with E-state index in [4.69, 9.17) is 10.7 Å². The zero-order chi connectivity index (χ0) is 30.1. The van der Waals surface area contributed by atoms with Gasteiger partial charge in [-0.15, -0.1) is 0 Å². The molecule has 0 saturated heterocycles. The van der Waals surface area contributed by atoms with Crippen molar-refractivity contribution in [2.45, 2.75) is 13.3 Å². The molecule has 3 nitrogen and oxygen atoms in total. The lowest BCUT2D eigenvalue weighted by Crippen LogP contribution is -2.13. The van der Waals surface area contributed by atoms with E-state index in [0.29, 0.717) is 5.84 Å². The molecule has 0 aliphatic heterocycles. The highest BCUT2D eigenvalue weighted by Gasteiger charge is 2.13. The largest absolute Gasteiger partial charge is 0.383 e. The summed E-state index contributed by atoms with van der Waals surface area (Å²) in [5.74, 6) is 0.503. The van der Waals surface area contributed by atoms with Crippen molar-refractivity contribution in [1.82, 2.24) is 0 Å². The number of rotatable bonds is 9. The second-order valence-corrected chi connectivity index (χ2v) is 10.8. The van der Waals surface area contributed by atoms with Gasteiger partial charge in [0, 0.05) is 22.6 Å². The number of aryl methyl sites for hydroxylation is 1. The van der Waals surface area contributed by atoms with E-state index >= 15 is 0 Å². The van der Waals surface area contributed by atoms with Crippen molar-refractivity contribution >= 4 is 28.6 Å². The van der Waals surface area contributed by atoms with Crippen LogP contribution < -0.4 is 10.6 Å². The Morgan fingerprint density at radius 2 is 1.00 bits per heavy atom. The summed E-state index contributed by atoms with van der Waals surface area (Å²) in [5, 5.41) is 0. The van der Waals surface area contributed by atoms with Crippen LogP contribution in [0.4, 0.5) is 17.1 Å². The Balaban J connectivity index is 1.28. The van der Waals surface area contributed by atoms with Crippen LogP contribution in [0.2, 0.25) is 0 Å². The zero-order valence-corrected chi connectivity index (χ0v) is 24.8. The maximum Gasteiger partial charge on any atom is 0.131 e. The number of anilines is 3. The molecule has 2 N–H and O–H groups in total. The van der Waals surface area contributed by atoms with Crippen LogP contribution in [0.15, 0.2) is 175 Å². The molecule has 0 saturated carbocycles. The van der Waals surface area contributed by atoms with E-state index in [0.717, 1.165) is 40.3 Å². The summed E-state index contributed by atoms with van der Waals surface area (Å²) in [5.41, 5.74) is 17.4. The van der Waals surface area contributed by atoms with Crippen LogP contribution in [-0.2, 0) is 6.42 Å². The molecular weight excluding hydrogens is 534 g/mol. The van der Waals surface area contributed by atoms with Gasteiger partial charge in [0.05, 0.1) is 5.70 Å². The van der Waals surface area contributed by atoms with Gasteiger partial charge in [0.25, 0.3) is 0 Å². The third-order valence-electron chi connectivity index (χ3n) is 7.63. The summed E-state index contributed by atoms with van der Waals surface area (Å²) in [6, 6.07) is 56.8. The maximum atomic E-state index is 6.42. The molecule has 214 valence electrons. The number of hydrogen-bond donors (Lipinski definition) is 1. The molecule has 0 amide bonds. The van der Waals surface area contributed by atoms with Crippen LogP contribution >= 0.6 is 0 Å². The van der Waals surface area contributed by atoms with Gasteiger partial charge in [0.2, 0.25) is 0 Å². The second kappa shape index (κ2) is 13.5. The van der Waals surface area contributed by atoms with Gasteiger partial charge in [-0.05, 0) is 72.0 Å². The number of hydrogen-bond acceptors (Lipinski definition) is 2. The smallest absolute Gasteiger partial charge is 0.131 e. The monoisotopic (exact) mass is 569 g/mol. The van der Waals surface area contributed by atoms with Crippen LogP contribution in [0.1, 0.15) is 22.3 Å². The molecule has 0 heterocycles. The summed E-state index contributed by atoms with van der Waals surface area (Å²) in [6.07, 6.45) is 2.88. The standard InChI is InChI=1S/C41H35N3/c1-31-17-22-33(23-18-31)34-24-28-39(29-25-34)44(37-15-9-4-10-16-37)38-26-19-32(20-27-38)21-30-40(35-11-5-2-6-12-35)43-41(42)36-13-7-3-8-14-36/h2-20,22-30H,21H2,1H3,(H2,42,43)/b40-30-. The van der Waals surface area contributed by atoms with Gasteiger partial charge in [-0.2, -0.15) is 0 Å². The van der Waals surface area contributed by atoms with Crippen molar-refractivity contribution in [3.8, 4) is 11.1 Å². The summed E-state index contributed by atoms with van der Waals surface area (Å²) in [4.78, 5) is 7.13. The first-order chi connectivity index (χ1) is 21.6. The van der Waals surface area contributed by atoms with Crippen molar-refractivity contribution < 1.29 is 0 Å². The van der Waals surface area contributed by atoms with Gasteiger partial charge in [-0.3, -0.25) is 0 Å². The predicted molar refractivity (Wildman–Crippen MR) is 187 cm³/mol. The number of amidine groups is 1. The normalized spacial score (nSPS) is 11.8. The van der Waals surface area contributed by atoms with E-state index in [1.807, 2.05) is 48.5 Å². The minimum Gasteiger partial charge on any atom is -0.383 e. The number of nitrogens with two attached hydrogens (primary N) is 1. The second-order valence-electron chi connectivity index (χ2n) is 10.8. The fourth-order valence-electron chi connectivity index (χ4n) is 5.21. The van der Waals surface area contributed by atoms with Crippen molar-refractivity contribution in [1.29, 1.82) is 0 Å². The van der Waals surface area contributed by atoms with Crippen molar-refractivity contribution in [3.63, 3.8) is 0 Å². The molecule has 3 heteroatoms. The van der Waals surface area contributed by atoms with Crippen LogP contribution in [0, 0.1) is 6.92 Å². The average Bonchev–Trinajstić information content (AvgIpc) is 3.09. The summed E-state index contributed by atoms with van der Waals surface area (Å²) in [7, 11) is 0. The Morgan fingerprint density at radius 3 is 1.57 bits per heavy atom. The molecule has 0 unspecified atom stereocenters. The first-order valence-electron chi connectivity index (χ1n) is 14.9. The molecule has 6 rings (SSSR count). The lowest BCUT2D eigenvalue weighted by atomic mass is 10.0. The first kappa shape index (κ1) is 28.4. The Kier molecular flexibility index (Phi) is 8.75. The van der Waals surface area contributed by atoms with Gasteiger partial charge in [0.1, 0.15) is 5.84 Å². The average molecular weight is 570 g/mol. The van der Waals surface area contributed by atoms with Crippen LogP contribution in [0.3, 0.4) is 0 Å². The van der Waals surface area contributed by atoms with E-state index in [1.165, 1.54) is 22.3 Å². The SMILES string of the molecule is Cc1ccc(-c2ccc(N(c3ccccc3)c3ccc(C/C=C(\N=C(N)c4ccccc4)c4ccccc4)cc3)cc2)cc1. The highest BCUT2D eigenvalue weighted by atomic mass is 15.1. The lowest BCUT2D eigenvalue weighted by molar-refractivity contribution is 1.23. The van der Waals surface area contributed by atoms with Crippen LogP contribution in [-0.4, -0.2) is 5.84 Å². The molecule has 0 bridgehead atoms. The molecule has 0 aliphatic carbocycles. The summed E-state index contributed by atoms with van der Waals surface area (Å²) in [6.45, 7) is 2.12. The third-order valence-corrected chi connectivity index (χ3v) is 7.63. The number of allylic oxidation sites excluding steroid dienone is 1. The Bertz CT molecular complexity index is 1840. The summed E-state index contributed by atoms with van der Waals surface area (Å²) < 4.78 is 0. The third kappa shape index (κ3) is 6.86. The van der Waals surface area contributed by atoms with E-state index in [9.17, 15) is 0 Å². The van der Waals surface area contributed by atoms with Gasteiger partial charge >= 0.3 is 0 Å². The number of aliphatic imine (C=N–C) groups is 1. The molecule has 0 radical (unpaired) electrons. The molecular formula is C41H35N3. The van der Waals surface area contributed by atoms with E-state index in [1.54, 1.807) is 0 Å². The summed E-state index contributed by atoms with van der Waals surface area (Å²) >= 11 is 0. The molecule has 44 heavy (non-hydrogen) atoms. The number of para-hydroxylation sites is 1. The van der Waals surface area contributed by atoms with E-state index in [-0.39, 0.29) is 0 Å². The van der Waals surface area contributed by atoms with Gasteiger partial charge in [-0.25, -0.2) is 4.99 Å².